The minimum atomic E-state index is -0.107. The Morgan fingerprint density at radius 1 is 1.00 bits per heavy atom. The van der Waals surface area contributed by atoms with Crippen molar-refractivity contribution in [1.29, 1.82) is 0 Å². The summed E-state index contributed by atoms with van der Waals surface area (Å²) in [6.07, 6.45) is 0.619. The van der Waals surface area contributed by atoms with Crippen molar-refractivity contribution in [3.8, 4) is 5.69 Å². The molecule has 0 fully saturated rings. The van der Waals surface area contributed by atoms with Crippen LogP contribution in [0.2, 0.25) is 5.02 Å². The Morgan fingerprint density at radius 2 is 1.76 bits per heavy atom. The third kappa shape index (κ3) is 2.57. The topological polar surface area (TPSA) is 22.0 Å². The van der Waals surface area contributed by atoms with Crippen molar-refractivity contribution >= 4 is 34.0 Å². The zero-order chi connectivity index (χ0) is 14.8. The number of rotatable bonds is 3. The molecule has 1 aromatic heterocycles. The lowest BCUT2D eigenvalue weighted by molar-refractivity contribution is 0.892. The van der Waals surface area contributed by atoms with Crippen LogP contribution in [0.25, 0.3) is 16.5 Å². The quantitative estimate of drug-likeness (QED) is 0.655. The normalized spacial score (nSPS) is 11.0. The van der Waals surface area contributed by atoms with E-state index in [1.165, 1.54) is 0 Å². The molecule has 0 radical (unpaired) electrons. The number of nitrogens with zero attached hydrogens (tertiary/aromatic N) is 1. The van der Waals surface area contributed by atoms with Gasteiger partial charge in [0.2, 0.25) is 0 Å². The number of hydrogen-bond donors (Lipinski definition) is 0. The van der Waals surface area contributed by atoms with Gasteiger partial charge >= 0.3 is 0 Å². The smallest absolute Gasteiger partial charge is 0.264 e. The molecule has 0 aliphatic heterocycles. The summed E-state index contributed by atoms with van der Waals surface area (Å²) in [6, 6.07) is 17.0. The molecule has 1 heterocycles. The second kappa shape index (κ2) is 5.92. The molecule has 106 valence electrons. The predicted molar refractivity (Wildman–Crippen MR) is 89.0 cm³/mol. The summed E-state index contributed by atoms with van der Waals surface area (Å²) in [6.45, 7) is 0. The van der Waals surface area contributed by atoms with Crippen LogP contribution in [0.15, 0.2) is 59.4 Å². The highest BCUT2D eigenvalue weighted by atomic mass is 35.5. The van der Waals surface area contributed by atoms with E-state index in [4.69, 9.17) is 23.2 Å². The molecule has 0 amide bonds. The molecule has 0 aliphatic rings. The van der Waals surface area contributed by atoms with Gasteiger partial charge in [-0.05, 0) is 29.7 Å². The fraction of sp³-hybridized carbons (Fsp3) is 0.118. The van der Waals surface area contributed by atoms with Crippen LogP contribution >= 0.6 is 23.2 Å². The molecule has 3 rings (SSSR count). The minimum absolute atomic E-state index is 0.107. The van der Waals surface area contributed by atoms with Gasteiger partial charge in [0, 0.05) is 23.7 Å². The van der Waals surface area contributed by atoms with Crippen LogP contribution in [-0.2, 0) is 6.42 Å². The number of pyridine rings is 1. The summed E-state index contributed by atoms with van der Waals surface area (Å²) in [5.41, 5.74) is 1.60. The van der Waals surface area contributed by atoms with Crippen molar-refractivity contribution in [2.45, 2.75) is 6.42 Å². The van der Waals surface area contributed by atoms with Crippen LogP contribution in [0.3, 0.4) is 0 Å². The molecule has 0 N–H and O–H groups in total. The Morgan fingerprint density at radius 3 is 2.48 bits per heavy atom. The van der Waals surface area contributed by atoms with E-state index >= 15 is 0 Å². The number of hydrogen-bond acceptors (Lipinski definition) is 1. The highest BCUT2D eigenvalue weighted by Gasteiger charge is 2.12. The second-order valence-electron chi connectivity index (χ2n) is 4.75. The summed E-state index contributed by atoms with van der Waals surface area (Å²) in [5, 5.41) is 1.86. The van der Waals surface area contributed by atoms with Crippen LogP contribution in [-0.4, -0.2) is 10.4 Å². The fourth-order valence-electron chi connectivity index (χ4n) is 2.51. The van der Waals surface area contributed by atoms with Gasteiger partial charge in [0.1, 0.15) is 0 Å². The SMILES string of the molecule is O=c1c2c(Cl)cccc2cc(CCCl)n1-c1ccccc1. The zero-order valence-electron chi connectivity index (χ0n) is 11.2. The number of fused-ring (bicyclic) bond motifs is 1. The molecular formula is C17H13Cl2NO. The van der Waals surface area contributed by atoms with Gasteiger partial charge in [-0.1, -0.05) is 41.9 Å². The van der Waals surface area contributed by atoms with Crippen molar-refractivity contribution in [2.75, 3.05) is 5.88 Å². The molecule has 4 heteroatoms. The van der Waals surface area contributed by atoms with Gasteiger partial charge in [0.15, 0.2) is 0 Å². The number of aryl methyl sites for hydroxylation is 1. The van der Waals surface area contributed by atoms with Gasteiger partial charge < -0.3 is 0 Å². The molecule has 0 atom stereocenters. The number of benzene rings is 2. The van der Waals surface area contributed by atoms with Crippen LogP contribution < -0.4 is 5.56 Å². The number of alkyl halides is 1. The van der Waals surface area contributed by atoms with E-state index in [1.54, 1.807) is 10.6 Å². The van der Waals surface area contributed by atoms with E-state index in [9.17, 15) is 4.79 Å². The summed E-state index contributed by atoms with van der Waals surface area (Å²) >= 11 is 12.1. The summed E-state index contributed by atoms with van der Waals surface area (Å²) < 4.78 is 1.69. The Bertz CT molecular complexity index is 841. The third-order valence-corrected chi connectivity index (χ3v) is 3.94. The zero-order valence-corrected chi connectivity index (χ0v) is 12.7. The Labute approximate surface area is 132 Å². The predicted octanol–water partition coefficient (Wildman–Crippen LogP) is 4.43. The molecule has 21 heavy (non-hydrogen) atoms. The lowest BCUT2D eigenvalue weighted by Gasteiger charge is -2.14. The van der Waals surface area contributed by atoms with Crippen LogP contribution in [0.4, 0.5) is 0 Å². The first kappa shape index (κ1) is 14.2. The Hall–Kier alpha value is -1.77. The molecule has 2 nitrogen and oxygen atoms in total. The first-order chi connectivity index (χ1) is 10.2. The van der Waals surface area contributed by atoms with E-state index < -0.39 is 0 Å². The van der Waals surface area contributed by atoms with Gasteiger partial charge in [0.05, 0.1) is 10.4 Å². The molecule has 0 bridgehead atoms. The summed E-state index contributed by atoms with van der Waals surface area (Å²) in [7, 11) is 0. The molecular weight excluding hydrogens is 305 g/mol. The molecule has 0 aliphatic carbocycles. The average molecular weight is 318 g/mol. The van der Waals surface area contributed by atoms with Gasteiger partial charge in [0.25, 0.3) is 5.56 Å². The standard InChI is InChI=1S/C17H13Cl2NO/c18-10-9-14-11-12-5-4-8-15(19)16(12)17(21)20(14)13-6-2-1-3-7-13/h1-8,11H,9-10H2. The van der Waals surface area contributed by atoms with E-state index in [-0.39, 0.29) is 5.56 Å². The van der Waals surface area contributed by atoms with E-state index in [1.807, 2.05) is 48.5 Å². The summed E-state index contributed by atoms with van der Waals surface area (Å²) in [5.74, 6) is 0.457. The third-order valence-electron chi connectivity index (χ3n) is 3.44. The average Bonchev–Trinajstić information content (AvgIpc) is 2.48. The first-order valence-corrected chi connectivity index (χ1v) is 7.58. The maximum Gasteiger partial charge on any atom is 0.264 e. The highest BCUT2D eigenvalue weighted by molar-refractivity contribution is 6.35. The van der Waals surface area contributed by atoms with Crippen molar-refractivity contribution in [3.05, 3.63) is 75.7 Å². The molecule has 0 spiro atoms. The van der Waals surface area contributed by atoms with Crippen molar-refractivity contribution < 1.29 is 0 Å². The number of para-hydroxylation sites is 1. The Kier molecular flexibility index (Phi) is 4.00. The monoisotopic (exact) mass is 317 g/mol. The van der Waals surface area contributed by atoms with Crippen LogP contribution in [0.1, 0.15) is 5.69 Å². The molecule has 0 unspecified atom stereocenters. The fourth-order valence-corrected chi connectivity index (χ4v) is 2.97. The van der Waals surface area contributed by atoms with E-state index in [0.717, 1.165) is 16.8 Å². The van der Waals surface area contributed by atoms with Gasteiger partial charge in [-0.15, -0.1) is 11.6 Å². The minimum Gasteiger partial charge on any atom is -0.281 e. The summed E-state index contributed by atoms with van der Waals surface area (Å²) in [4.78, 5) is 12.9. The van der Waals surface area contributed by atoms with Crippen molar-refractivity contribution in [2.24, 2.45) is 0 Å². The first-order valence-electron chi connectivity index (χ1n) is 6.67. The molecule has 2 aromatic carbocycles. The van der Waals surface area contributed by atoms with E-state index in [0.29, 0.717) is 22.7 Å². The van der Waals surface area contributed by atoms with Crippen molar-refractivity contribution in [3.63, 3.8) is 0 Å². The Balaban J connectivity index is 2.41. The van der Waals surface area contributed by atoms with Gasteiger partial charge in [-0.3, -0.25) is 9.36 Å². The molecule has 0 saturated carbocycles. The van der Waals surface area contributed by atoms with Gasteiger partial charge in [-0.25, -0.2) is 0 Å². The lowest BCUT2D eigenvalue weighted by Crippen LogP contribution is -2.22. The maximum atomic E-state index is 12.9. The van der Waals surface area contributed by atoms with Crippen LogP contribution in [0.5, 0.6) is 0 Å². The highest BCUT2D eigenvalue weighted by Crippen LogP contribution is 2.22. The maximum absolute atomic E-state index is 12.9. The number of aromatic nitrogens is 1. The second-order valence-corrected chi connectivity index (χ2v) is 5.54. The van der Waals surface area contributed by atoms with Gasteiger partial charge in [-0.2, -0.15) is 0 Å². The van der Waals surface area contributed by atoms with Crippen LogP contribution in [0, 0.1) is 0 Å². The largest absolute Gasteiger partial charge is 0.281 e. The molecule has 0 saturated heterocycles. The lowest BCUT2D eigenvalue weighted by atomic mass is 10.1. The van der Waals surface area contributed by atoms with E-state index in [2.05, 4.69) is 0 Å². The molecule has 3 aromatic rings. The van der Waals surface area contributed by atoms with Crippen molar-refractivity contribution in [1.82, 2.24) is 4.57 Å². The number of halogens is 2.